The van der Waals surface area contributed by atoms with E-state index in [9.17, 15) is 4.39 Å². The van der Waals surface area contributed by atoms with Crippen LogP contribution in [-0.2, 0) is 0 Å². The highest BCUT2D eigenvalue weighted by Gasteiger charge is 2.15. The van der Waals surface area contributed by atoms with Gasteiger partial charge < -0.3 is 0 Å². The Balaban J connectivity index is 2.34. The summed E-state index contributed by atoms with van der Waals surface area (Å²) in [4.78, 5) is 12.8. The molecule has 0 aliphatic rings. The van der Waals surface area contributed by atoms with Gasteiger partial charge >= 0.3 is 0 Å². The Labute approximate surface area is 113 Å². The molecule has 4 nitrogen and oxygen atoms in total. The van der Waals surface area contributed by atoms with Crippen LogP contribution in [0.15, 0.2) is 24.3 Å². The third-order valence-corrected chi connectivity index (χ3v) is 3.10. The fraction of sp³-hybridized carbons (Fsp3) is 0.154. The van der Waals surface area contributed by atoms with E-state index in [0.717, 1.165) is 11.5 Å². The molecule has 19 heavy (non-hydrogen) atoms. The van der Waals surface area contributed by atoms with Crippen LogP contribution in [0.4, 0.5) is 4.39 Å². The summed E-state index contributed by atoms with van der Waals surface area (Å²) in [5.41, 5.74) is 1.95. The first-order valence-corrected chi connectivity index (χ1v) is 6.09. The van der Waals surface area contributed by atoms with Crippen LogP contribution in [0.25, 0.3) is 16.9 Å². The molecule has 96 valence electrons. The molecule has 1 aromatic carbocycles. The van der Waals surface area contributed by atoms with E-state index in [2.05, 4.69) is 15.0 Å². The molecule has 2 aromatic heterocycles. The van der Waals surface area contributed by atoms with Crippen molar-refractivity contribution in [3.63, 3.8) is 0 Å². The van der Waals surface area contributed by atoms with Gasteiger partial charge in [0.15, 0.2) is 10.8 Å². The Morgan fingerprint density at radius 1 is 1.05 bits per heavy atom. The molecule has 0 aliphatic carbocycles. The van der Waals surface area contributed by atoms with Crippen LogP contribution < -0.4 is 0 Å². The highest BCUT2D eigenvalue weighted by atomic mass is 35.5. The van der Waals surface area contributed by atoms with E-state index in [1.807, 2.05) is 11.5 Å². The Morgan fingerprint density at radius 3 is 2.42 bits per heavy atom. The van der Waals surface area contributed by atoms with E-state index < -0.39 is 0 Å². The van der Waals surface area contributed by atoms with Crippen molar-refractivity contribution in [2.24, 2.45) is 0 Å². The average molecular weight is 277 g/mol. The summed E-state index contributed by atoms with van der Waals surface area (Å²) in [6.45, 7) is 3.61. The lowest BCUT2D eigenvalue weighted by atomic mass is 10.3. The molecule has 0 spiro atoms. The van der Waals surface area contributed by atoms with E-state index >= 15 is 0 Å². The van der Waals surface area contributed by atoms with Crippen molar-refractivity contribution in [2.75, 3.05) is 0 Å². The van der Waals surface area contributed by atoms with Crippen molar-refractivity contribution < 1.29 is 4.39 Å². The molecule has 0 saturated heterocycles. The third kappa shape index (κ3) is 1.96. The summed E-state index contributed by atoms with van der Waals surface area (Å²) < 4.78 is 14.8. The molecule has 2 heterocycles. The summed E-state index contributed by atoms with van der Waals surface area (Å²) in [6, 6.07) is 6.12. The second-order valence-electron chi connectivity index (χ2n) is 4.20. The van der Waals surface area contributed by atoms with Gasteiger partial charge in [0, 0.05) is 5.69 Å². The Morgan fingerprint density at radius 2 is 1.74 bits per heavy atom. The van der Waals surface area contributed by atoms with Crippen molar-refractivity contribution in [1.29, 1.82) is 0 Å². The van der Waals surface area contributed by atoms with Crippen LogP contribution in [0, 0.1) is 19.7 Å². The molecule has 0 unspecified atom stereocenters. The number of benzene rings is 1. The van der Waals surface area contributed by atoms with E-state index in [4.69, 9.17) is 11.6 Å². The number of rotatable bonds is 1. The fourth-order valence-corrected chi connectivity index (χ4v) is 2.35. The molecule has 0 bridgehead atoms. The number of aryl methyl sites for hydroxylation is 2. The normalized spacial score (nSPS) is 11.2. The largest absolute Gasteiger partial charge is 0.292 e. The zero-order chi connectivity index (χ0) is 13.6. The van der Waals surface area contributed by atoms with E-state index in [1.54, 1.807) is 19.1 Å². The zero-order valence-corrected chi connectivity index (χ0v) is 11.1. The molecule has 0 radical (unpaired) electrons. The van der Waals surface area contributed by atoms with Crippen LogP contribution >= 0.6 is 11.6 Å². The second-order valence-corrected chi connectivity index (χ2v) is 4.56. The van der Waals surface area contributed by atoms with Crippen molar-refractivity contribution in [3.05, 3.63) is 46.9 Å². The molecule has 3 aromatic rings. The van der Waals surface area contributed by atoms with Gasteiger partial charge in [-0.2, -0.15) is 0 Å². The molecule has 0 fully saturated rings. The number of nitrogens with zero attached hydrogens (tertiary/aromatic N) is 4. The number of halogens is 2. The summed E-state index contributed by atoms with van der Waals surface area (Å²) >= 11 is 6.18. The Kier molecular flexibility index (Phi) is 2.71. The highest BCUT2D eigenvalue weighted by molar-refractivity contribution is 6.33. The number of aromatic nitrogens is 4. The number of fused-ring (bicyclic) bond motifs is 1. The molecule has 0 atom stereocenters. The first-order valence-electron chi connectivity index (χ1n) is 5.71. The Bertz CT molecular complexity index is 764. The quantitative estimate of drug-likeness (QED) is 0.641. The summed E-state index contributed by atoms with van der Waals surface area (Å²) in [6.07, 6.45) is 0. The van der Waals surface area contributed by atoms with Gasteiger partial charge in [-0.15, -0.1) is 0 Å². The van der Waals surface area contributed by atoms with Gasteiger partial charge in [0.25, 0.3) is 0 Å². The summed E-state index contributed by atoms with van der Waals surface area (Å²) in [5.74, 6) is 1.01. The second kappa shape index (κ2) is 4.28. The van der Waals surface area contributed by atoms with Crippen LogP contribution in [0.3, 0.4) is 0 Å². The lowest BCUT2D eigenvalue weighted by molar-refractivity contribution is 0.627. The standard InChI is InChI=1S/C13H10ClFN4/c1-7-16-12(14)11-13(17-7)18-8(2)19(11)10-5-3-9(15)4-6-10/h3-6H,1-2H3. The van der Waals surface area contributed by atoms with E-state index in [1.165, 1.54) is 12.1 Å². The van der Waals surface area contributed by atoms with E-state index in [-0.39, 0.29) is 5.82 Å². The molecular formula is C13H10ClFN4. The molecular weight excluding hydrogens is 267 g/mol. The fourth-order valence-electron chi connectivity index (χ4n) is 2.06. The minimum absolute atomic E-state index is 0.288. The third-order valence-electron chi connectivity index (χ3n) is 2.83. The average Bonchev–Trinajstić information content (AvgIpc) is 2.66. The monoisotopic (exact) mass is 276 g/mol. The minimum Gasteiger partial charge on any atom is -0.292 e. The maximum Gasteiger partial charge on any atom is 0.183 e. The van der Waals surface area contributed by atoms with Crippen molar-refractivity contribution >= 4 is 22.8 Å². The molecule has 0 N–H and O–H groups in total. The maximum atomic E-state index is 13.0. The molecule has 3 rings (SSSR count). The van der Waals surface area contributed by atoms with Crippen molar-refractivity contribution in [2.45, 2.75) is 13.8 Å². The van der Waals surface area contributed by atoms with E-state index in [0.29, 0.717) is 22.1 Å². The minimum atomic E-state index is -0.288. The van der Waals surface area contributed by atoms with Gasteiger partial charge in [-0.1, -0.05) is 11.6 Å². The lowest BCUT2D eigenvalue weighted by Gasteiger charge is -2.07. The summed E-state index contributed by atoms with van der Waals surface area (Å²) in [7, 11) is 0. The first-order chi connectivity index (χ1) is 9.06. The van der Waals surface area contributed by atoms with Crippen molar-refractivity contribution in [3.8, 4) is 5.69 Å². The van der Waals surface area contributed by atoms with Gasteiger partial charge in [-0.05, 0) is 38.1 Å². The molecule has 0 amide bonds. The van der Waals surface area contributed by atoms with Gasteiger partial charge in [-0.25, -0.2) is 19.3 Å². The Hall–Kier alpha value is -2.01. The lowest BCUT2D eigenvalue weighted by Crippen LogP contribution is -1.98. The van der Waals surface area contributed by atoms with Gasteiger partial charge in [-0.3, -0.25) is 4.57 Å². The topological polar surface area (TPSA) is 43.6 Å². The first kappa shape index (κ1) is 12.0. The van der Waals surface area contributed by atoms with Gasteiger partial charge in [0.2, 0.25) is 0 Å². The zero-order valence-electron chi connectivity index (χ0n) is 10.4. The van der Waals surface area contributed by atoms with Gasteiger partial charge in [0.05, 0.1) is 0 Å². The highest BCUT2D eigenvalue weighted by Crippen LogP contribution is 2.25. The van der Waals surface area contributed by atoms with Crippen LogP contribution in [0.5, 0.6) is 0 Å². The maximum absolute atomic E-state index is 13.0. The van der Waals surface area contributed by atoms with Gasteiger partial charge in [0.1, 0.15) is 23.0 Å². The summed E-state index contributed by atoms with van der Waals surface area (Å²) in [5, 5.41) is 0.340. The number of hydrogen-bond acceptors (Lipinski definition) is 3. The molecule has 0 saturated carbocycles. The predicted molar refractivity (Wildman–Crippen MR) is 71.1 cm³/mol. The number of imidazole rings is 1. The molecule has 6 heteroatoms. The predicted octanol–water partition coefficient (Wildman–Crippen LogP) is 3.22. The molecule has 0 aliphatic heterocycles. The van der Waals surface area contributed by atoms with Crippen LogP contribution in [0.1, 0.15) is 11.6 Å². The SMILES string of the molecule is Cc1nc(Cl)c2c(n1)nc(C)n2-c1ccc(F)cc1. The van der Waals surface area contributed by atoms with Crippen LogP contribution in [-0.4, -0.2) is 19.5 Å². The van der Waals surface area contributed by atoms with Crippen molar-refractivity contribution in [1.82, 2.24) is 19.5 Å². The number of hydrogen-bond donors (Lipinski definition) is 0. The smallest absolute Gasteiger partial charge is 0.183 e. The van der Waals surface area contributed by atoms with Crippen LogP contribution in [0.2, 0.25) is 5.15 Å².